The lowest BCUT2D eigenvalue weighted by atomic mass is 9.62. The Morgan fingerprint density at radius 3 is 2.07 bits per heavy atom. The summed E-state index contributed by atoms with van der Waals surface area (Å²) in [6.45, 7) is 6.80. The van der Waals surface area contributed by atoms with Crippen LogP contribution in [0.15, 0.2) is 0 Å². The van der Waals surface area contributed by atoms with Crippen molar-refractivity contribution >= 4 is 0 Å². The molecule has 1 heterocycles. The van der Waals surface area contributed by atoms with Crippen LogP contribution in [-0.2, 0) is 4.74 Å². The Hall–Kier alpha value is -0.0800. The van der Waals surface area contributed by atoms with E-state index in [2.05, 4.69) is 19.2 Å². The van der Waals surface area contributed by atoms with Crippen molar-refractivity contribution < 1.29 is 4.74 Å². The molecule has 1 saturated carbocycles. The van der Waals surface area contributed by atoms with Crippen LogP contribution in [-0.4, -0.2) is 26.3 Å². The van der Waals surface area contributed by atoms with E-state index in [4.69, 9.17) is 4.74 Å². The predicted molar refractivity (Wildman–Crippen MR) is 65.1 cm³/mol. The molecule has 1 saturated heterocycles. The molecule has 0 radical (unpaired) electrons. The number of ether oxygens (including phenoxy) is 1. The zero-order valence-corrected chi connectivity index (χ0v) is 10.6. The third-order valence-corrected chi connectivity index (χ3v) is 3.82. The molecular weight excluding hydrogens is 186 g/mol. The average molecular weight is 213 g/mol. The summed E-state index contributed by atoms with van der Waals surface area (Å²) >= 11 is 0. The van der Waals surface area contributed by atoms with Crippen LogP contribution in [0.2, 0.25) is 0 Å². The van der Waals surface area contributed by atoms with Crippen LogP contribution < -0.4 is 5.32 Å². The maximum atomic E-state index is 5.29. The standard InChI is InChI=1S/C9H17NO.C4H10/c1-11-8-6-9(7-8)2-4-10-5-3-9;1-3-4-2/h8,10H,2-7H2,1H3;3-4H2,1-2H3. The topological polar surface area (TPSA) is 21.3 Å². The van der Waals surface area contributed by atoms with Crippen molar-refractivity contribution in [2.75, 3.05) is 20.2 Å². The van der Waals surface area contributed by atoms with E-state index in [1.807, 2.05) is 7.11 Å². The first-order chi connectivity index (χ1) is 7.26. The fourth-order valence-electron chi connectivity index (χ4n) is 2.44. The molecule has 0 unspecified atom stereocenters. The summed E-state index contributed by atoms with van der Waals surface area (Å²) in [6.07, 6.45) is 8.57. The number of unbranched alkanes of at least 4 members (excludes halogenated alkanes) is 1. The summed E-state index contributed by atoms with van der Waals surface area (Å²) in [5, 5.41) is 3.40. The summed E-state index contributed by atoms with van der Waals surface area (Å²) in [5.74, 6) is 0. The van der Waals surface area contributed by atoms with Gasteiger partial charge in [0.05, 0.1) is 6.10 Å². The Bertz CT molecular complexity index is 154. The van der Waals surface area contributed by atoms with Crippen molar-refractivity contribution in [3.8, 4) is 0 Å². The highest BCUT2D eigenvalue weighted by Gasteiger charge is 2.44. The minimum atomic E-state index is 0.577. The summed E-state index contributed by atoms with van der Waals surface area (Å²) in [5.41, 5.74) is 0.686. The van der Waals surface area contributed by atoms with Gasteiger partial charge < -0.3 is 10.1 Å². The van der Waals surface area contributed by atoms with E-state index in [0.29, 0.717) is 11.5 Å². The quantitative estimate of drug-likeness (QED) is 0.761. The molecule has 0 amide bonds. The van der Waals surface area contributed by atoms with Gasteiger partial charge in [-0.25, -0.2) is 0 Å². The predicted octanol–water partition coefficient (Wildman–Crippen LogP) is 2.97. The smallest absolute Gasteiger partial charge is 0.0582 e. The highest BCUT2D eigenvalue weighted by molar-refractivity contribution is 4.96. The molecule has 2 rings (SSSR count). The van der Waals surface area contributed by atoms with Crippen LogP contribution in [0.4, 0.5) is 0 Å². The number of rotatable bonds is 2. The second-order valence-electron chi connectivity index (χ2n) is 5.02. The van der Waals surface area contributed by atoms with Crippen molar-refractivity contribution in [1.82, 2.24) is 5.32 Å². The highest BCUT2D eigenvalue weighted by Crippen LogP contribution is 2.48. The van der Waals surface area contributed by atoms with Crippen molar-refractivity contribution in [2.24, 2.45) is 5.41 Å². The van der Waals surface area contributed by atoms with Gasteiger partial charge >= 0.3 is 0 Å². The molecule has 1 aliphatic heterocycles. The van der Waals surface area contributed by atoms with Gasteiger partial charge in [0, 0.05) is 7.11 Å². The number of nitrogens with one attached hydrogen (secondary N) is 1. The summed E-state index contributed by atoms with van der Waals surface area (Å²) < 4.78 is 5.29. The van der Waals surface area contributed by atoms with Gasteiger partial charge in [0.25, 0.3) is 0 Å². The van der Waals surface area contributed by atoms with Gasteiger partial charge in [-0.15, -0.1) is 0 Å². The molecule has 0 bridgehead atoms. The second-order valence-corrected chi connectivity index (χ2v) is 5.02. The fourth-order valence-corrected chi connectivity index (χ4v) is 2.44. The Balaban J connectivity index is 0.000000245. The molecule has 2 heteroatoms. The lowest BCUT2D eigenvalue weighted by molar-refractivity contribution is -0.0735. The lowest BCUT2D eigenvalue weighted by Gasteiger charge is -2.49. The van der Waals surface area contributed by atoms with Crippen molar-refractivity contribution in [3.63, 3.8) is 0 Å². The molecule has 0 aromatic rings. The molecular formula is C13H27NO. The van der Waals surface area contributed by atoms with Crippen LogP contribution in [0.5, 0.6) is 0 Å². The normalized spacial score (nSPS) is 24.2. The Morgan fingerprint density at radius 2 is 1.67 bits per heavy atom. The fraction of sp³-hybridized carbons (Fsp3) is 1.00. The molecule has 1 N–H and O–H groups in total. The molecule has 1 spiro atoms. The van der Waals surface area contributed by atoms with Gasteiger partial charge in [-0.05, 0) is 44.2 Å². The number of hydrogen-bond donors (Lipinski definition) is 1. The van der Waals surface area contributed by atoms with Crippen LogP contribution in [0.1, 0.15) is 52.4 Å². The van der Waals surface area contributed by atoms with E-state index in [1.165, 1.54) is 51.6 Å². The van der Waals surface area contributed by atoms with Crippen molar-refractivity contribution in [1.29, 1.82) is 0 Å². The molecule has 2 aliphatic rings. The monoisotopic (exact) mass is 213 g/mol. The Kier molecular flexibility index (Phi) is 5.62. The maximum Gasteiger partial charge on any atom is 0.0582 e. The van der Waals surface area contributed by atoms with Gasteiger partial charge in [0.1, 0.15) is 0 Å². The minimum Gasteiger partial charge on any atom is -0.381 e. The van der Waals surface area contributed by atoms with Gasteiger partial charge in [-0.3, -0.25) is 0 Å². The minimum absolute atomic E-state index is 0.577. The number of methoxy groups -OCH3 is 1. The zero-order chi connectivity index (χ0) is 11.1. The van der Waals surface area contributed by atoms with E-state index in [0.717, 1.165) is 0 Å². The number of piperidine rings is 1. The first kappa shape index (κ1) is 13.0. The lowest BCUT2D eigenvalue weighted by Crippen LogP contribution is -2.48. The average Bonchev–Trinajstić information content (AvgIpc) is 2.27. The SMILES string of the molecule is CCCC.COC1CC2(CCNCC2)C1. The highest BCUT2D eigenvalue weighted by atomic mass is 16.5. The van der Waals surface area contributed by atoms with Crippen molar-refractivity contribution in [3.05, 3.63) is 0 Å². The molecule has 90 valence electrons. The third kappa shape index (κ3) is 3.76. The summed E-state index contributed by atoms with van der Waals surface area (Å²) in [6, 6.07) is 0. The largest absolute Gasteiger partial charge is 0.381 e. The molecule has 0 aromatic heterocycles. The van der Waals surface area contributed by atoms with Crippen LogP contribution in [0.3, 0.4) is 0 Å². The summed E-state index contributed by atoms with van der Waals surface area (Å²) in [4.78, 5) is 0. The second kappa shape index (κ2) is 6.49. The third-order valence-electron chi connectivity index (χ3n) is 3.82. The molecule has 0 atom stereocenters. The van der Waals surface area contributed by atoms with E-state index < -0.39 is 0 Å². The molecule has 0 aromatic carbocycles. The van der Waals surface area contributed by atoms with Gasteiger partial charge in [-0.2, -0.15) is 0 Å². The van der Waals surface area contributed by atoms with E-state index in [1.54, 1.807) is 0 Å². The molecule has 15 heavy (non-hydrogen) atoms. The van der Waals surface area contributed by atoms with E-state index >= 15 is 0 Å². The van der Waals surface area contributed by atoms with Crippen LogP contribution >= 0.6 is 0 Å². The molecule has 1 aliphatic carbocycles. The molecule has 2 fully saturated rings. The number of hydrogen-bond acceptors (Lipinski definition) is 2. The summed E-state index contributed by atoms with van der Waals surface area (Å²) in [7, 11) is 1.83. The van der Waals surface area contributed by atoms with Gasteiger partial charge in [0.2, 0.25) is 0 Å². The van der Waals surface area contributed by atoms with E-state index in [9.17, 15) is 0 Å². The van der Waals surface area contributed by atoms with Crippen molar-refractivity contribution in [2.45, 2.75) is 58.5 Å². The van der Waals surface area contributed by atoms with Gasteiger partial charge in [0.15, 0.2) is 0 Å². The first-order valence-electron chi connectivity index (χ1n) is 6.50. The maximum absolute atomic E-state index is 5.29. The Morgan fingerprint density at radius 1 is 1.13 bits per heavy atom. The molecule has 2 nitrogen and oxygen atoms in total. The van der Waals surface area contributed by atoms with Crippen LogP contribution in [0.25, 0.3) is 0 Å². The van der Waals surface area contributed by atoms with Crippen LogP contribution in [0, 0.1) is 5.41 Å². The zero-order valence-electron chi connectivity index (χ0n) is 10.6. The van der Waals surface area contributed by atoms with Gasteiger partial charge in [-0.1, -0.05) is 26.7 Å². The Labute approximate surface area is 94.8 Å². The first-order valence-corrected chi connectivity index (χ1v) is 6.50. The van der Waals surface area contributed by atoms with E-state index in [-0.39, 0.29) is 0 Å².